The summed E-state index contributed by atoms with van der Waals surface area (Å²) in [5, 5.41) is 2.76. The first-order chi connectivity index (χ1) is 10.6. The van der Waals surface area contributed by atoms with Crippen molar-refractivity contribution < 1.29 is 14.3 Å². The van der Waals surface area contributed by atoms with Crippen LogP contribution in [0.5, 0.6) is 5.75 Å². The van der Waals surface area contributed by atoms with Crippen LogP contribution in [0.2, 0.25) is 0 Å². The van der Waals surface area contributed by atoms with E-state index in [4.69, 9.17) is 4.74 Å². The number of carbonyl (C=O) groups excluding carboxylic acids is 2. The van der Waals surface area contributed by atoms with Gasteiger partial charge in [0.05, 0.1) is 7.11 Å². The maximum absolute atomic E-state index is 12.1. The maximum Gasteiger partial charge on any atom is 0.244 e. The molecule has 0 bridgehead atoms. The molecule has 0 heterocycles. The van der Waals surface area contributed by atoms with Crippen molar-refractivity contribution in [3.63, 3.8) is 0 Å². The number of hydrogen-bond donors (Lipinski definition) is 1. The van der Waals surface area contributed by atoms with Crippen LogP contribution >= 0.6 is 0 Å². The molecule has 0 saturated carbocycles. The van der Waals surface area contributed by atoms with Gasteiger partial charge in [-0.15, -0.1) is 0 Å². The van der Waals surface area contributed by atoms with Crippen molar-refractivity contribution in [3.8, 4) is 5.75 Å². The summed E-state index contributed by atoms with van der Waals surface area (Å²) in [6, 6.07) is 16.2. The zero-order chi connectivity index (χ0) is 15.9. The van der Waals surface area contributed by atoms with Gasteiger partial charge in [-0.3, -0.25) is 9.59 Å². The van der Waals surface area contributed by atoms with Crippen LogP contribution in [-0.4, -0.2) is 25.5 Å². The lowest BCUT2D eigenvalue weighted by Crippen LogP contribution is -2.36. The molecule has 5 nitrogen and oxygen atoms in total. The summed E-state index contributed by atoms with van der Waals surface area (Å²) < 4.78 is 5.15. The zero-order valence-corrected chi connectivity index (χ0v) is 12.6. The first-order valence-corrected chi connectivity index (χ1v) is 6.87. The zero-order valence-electron chi connectivity index (χ0n) is 12.6. The molecule has 0 aliphatic heterocycles. The van der Waals surface area contributed by atoms with E-state index in [1.807, 2.05) is 18.2 Å². The molecule has 1 N–H and O–H groups in total. The normalized spacial score (nSPS) is 9.91. The summed E-state index contributed by atoms with van der Waals surface area (Å²) in [5.41, 5.74) is 1.32. The van der Waals surface area contributed by atoms with Crippen molar-refractivity contribution in [2.75, 3.05) is 23.9 Å². The molecule has 0 fully saturated rings. The van der Waals surface area contributed by atoms with E-state index in [-0.39, 0.29) is 18.4 Å². The minimum Gasteiger partial charge on any atom is -0.497 e. The Bertz CT molecular complexity index is 656. The van der Waals surface area contributed by atoms with Crippen LogP contribution in [0.25, 0.3) is 0 Å². The molecule has 2 aromatic rings. The second kappa shape index (κ2) is 7.26. The van der Waals surface area contributed by atoms with E-state index in [0.29, 0.717) is 17.1 Å². The molecular weight excluding hydrogens is 280 g/mol. The summed E-state index contributed by atoms with van der Waals surface area (Å²) in [4.78, 5) is 25.4. The predicted molar refractivity (Wildman–Crippen MR) is 86.1 cm³/mol. The Kier molecular flexibility index (Phi) is 5.14. The second-order valence-electron chi connectivity index (χ2n) is 4.72. The van der Waals surface area contributed by atoms with Gasteiger partial charge in [0.1, 0.15) is 12.3 Å². The molecule has 5 heteroatoms. The van der Waals surface area contributed by atoms with E-state index >= 15 is 0 Å². The van der Waals surface area contributed by atoms with Crippen molar-refractivity contribution in [1.82, 2.24) is 0 Å². The van der Waals surface area contributed by atoms with Gasteiger partial charge in [0.2, 0.25) is 11.8 Å². The van der Waals surface area contributed by atoms with Gasteiger partial charge in [-0.1, -0.05) is 24.3 Å². The number of nitrogens with one attached hydrogen (secondary N) is 1. The Balaban J connectivity index is 2.11. The van der Waals surface area contributed by atoms with E-state index in [0.717, 1.165) is 0 Å². The minimum absolute atomic E-state index is 0.0581. The molecule has 0 radical (unpaired) electrons. The number of anilines is 2. The largest absolute Gasteiger partial charge is 0.497 e. The van der Waals surface area contributed by atoms with E-state index < -0.39 is 0 Å². The van der Waals surface area contributed by atoms with Gasteiger partial charge in [0.15, 0.2) is 0 Å². The Morgan fingerprint density at radius 3 is 2.45 bits per heavy atom. The third-order valence-electron chi connectivity index (χ3n) is 3.10. The van der Waals surface area contributed by atoms with Crippen LogP contribution in [-0.2, 0) is 9.59 Å². The summed E-state index contributed by atoms with van der Waals surface area (Å²) in [6.45, 7) is 1.37. The van der Waals surface area contributed by atoms with E-state index in [2.05, 4.69) is 5.32 Å². The topological polar surface area (TPSA) is 58.6 Å². The molecule has 2 amide bonds. The standard InChI is InChI=1S/C17H18N2O3/c1-13(20)19(15-9-6-10-16(11-15)22-2)12-17(21)18-14-7-4-3-5-8-14/h3-11H,12H2,1-2H3,(H,18,21). The fraction of sp³-hybridized carbons (Fsp3) is 0.176. The lowest BCUT2D eigenvalue weighted by molar-refractivity contribution is -0.120. The highest BCUT2D eigenvalue weighted by Gasteiger charge is 2.16. The highest BCUT2D eigenvalue weighted by molar-refractivity contribution is 6.01. The van der Waals surface area contributed by atoms with Crippen molar-refractivity contribution in [2.45, 2.75) is 6.92 Å². The molecular formula is C17H18N2O3. The van der Waals surface area contributed by atoms with Gasteiger partial charge in [0, 0.05) is 24.4 Å². The highest BCUT2D eigenvalue weighted by atomic mass is 16.5. The Morgan fingerprint density at radius 1 is 1.09 bits per heavy atom. The summed E-state index contributed by atoms with van der Waals surface area (Å²) >= 11 is 0. The van der Waals surface area contributed by atoms with Crippen LogP contribution in [0.1, 0.15) is 6.92 Å². The van der Waals surface area contributed by atoms with Crippen molar-refractivity contribution in [1.29, 1.82) is 0 Å². The number of nitrogens with zero attached hydrogens (tertiary/aromatic N) is 1. The van der Waals surface area contributed by atoms with Crippen LogP contribution in [0.15, 0.2) is 54.6 Å². The summed E-state index contributed by atoms with van der Waals surface area (Å²) in [5.74, 6) is 0.160. The van der Waals surface area contributed by atoms with Gasteiger partial charge >= 0.3 is 0 Å². The quantitative estimate of drug-likeness (QED) is 0.923. The second-order valence-corrected chi connectivity index (χ2v) is 4.72. The van der Waals surface area contributed by atoms with Crippen LogP contribution in [0.4, 0.5) is 11.4 Å². The number of hydrogen-bond acceptors (Lipinski definition) is 3. The first-order valence-electron chi connectivity index (χ1n) is 6.87. The predicted octanol–water partition coefficient (Wildman–Crippen LogP) is 2.69. The number of methoxy groups -OCH3 is 1. The molecule has 22 heavy (non-hydrogen) atoms. The molecule has 0 aromatic heterocycles. The van der Waals surface area contributed by atoms with Crippen molar-refractivity contribution in [2.24, 2.45) is 0 Å². The lowest BCUT2D eigenvalue weighted by atomic mass is 10.2. The van der Waals surface area contributed by atoms with E-state index in [1.165, 1.54) is 11.8 Å². The average Bonchev–Trinajstić information content (AvgIpc) is 2.53. The molecule has 0 unspecified atom stereocenters. The van der Waals surface area contributed by atoms with Gasteiger partial charge in [-0.05, 0) is 24.3 Å². The van der Waals surface area contributed by atoms with Crippen LogP contribution in [0, 0.1) is 0 Å². The van der Waals surface area contributed by atoms with Gasteiger partial charge in [-0.25, -0.2) is 0 Å². The third-order valence-corrected chi connectivity index (χ3v) is 3.10. The lowest BCUT2D eigenvalue weighted by Gasteiger charge is -2.21. The SMILES string of the molecule is COc1cccc(N(CC(=O)Nc2ccccc2)C(C)=O)c1. The van der Waals surface area contributed by atoms with Gasteiger partial charge in [0.25, 0.3) is 0 Å². The summed E-state index contributed by atoms with van der Waals surface area (Å²) in [7, 11) is 1.55. The van der Waals surface area contributed by atoms with Gasteiger partial charge in [-0.2, -0.15) is 0 Å². The van der Waals surface area contributed by atoms with Crippen LogP contribution in [0.3, 0.4) is 0 Å². The smallest absolute Gasteiger partial charge is 0.244 e. The van der Waals surface area contributed by atoms with Crippen LogP contribution < -0.4 is 15.0 Å². The molecule has 114 valence electrons. The van der Waals surface area contributed by atoms with Crippen molar-refractivity contribution in [3.05, 3.63) is 54.6 Å². The monoisotopic (exact) mass is 298 g/mol. The molecule has 0 atom stereocenters. The molecule has 2 rings (SSSR count). The number of ether oxygens (including phenoxy) is 1. The minimum atomic E-state index is -0.260. The number of amides is 2. The fourth-order valence-electron chi connectivity index (χ4n) is 2.03. The molecule has 0 aliphatic rings. The molecule has 2 aromatic carbocycles. The highest BCUT2D eigenvalue weighted by Crippen LogP contribution is 2.21. The van der Waals surface area contributed by atoms with Gasteiger partial charge < -0.3 is 15.0 Å². The Labute approximate surface area is 129 Å². The molecule has 0 spiro atoms. The van der Waals surface area contributed by atoms with E-state index in [9.17, 15) is 9.59 Å². The van der Waals surface area contributed by atoms with Crippen molar-refractivity contribution >= 4 is 23.2 Å². The van der Waals surface area contributed by atoms with E-state index in [1.54, 1.807) is 43.5 Å². The number of carbonyl (C=O) groups is 2. The first kappa shape index (κ1) is 15.6. The number of para-hydroxylation sites is 1. The Hall–Kier alpha value is -2.82. The number of benzene rings is 2. The molecule has 0 saturated heterocycles. The third kappa shape index (κ3) is 4.09. The summed E-state index contributed by atoms with van der Waals surface area (Å²) in [6.07, 6.45) is 0. The average molecular weight is 298 g/mol. The number of rotatable bonds is 5. The maximum atomic E-state index is 12.1. The Morgan fingerprint density at radius 2 is 1.82 bits per heavy atom. The fourth-order valence-corrected chi connectivity index (χ4v) is 2.03. The molecule has 0 aliphatic carbocycles.